The summed E-state index contributed by atoms with van der Waals surface area (Å²) in [6.45, 7) is 5.26. The fourth-order valence-corrected chi connectivity index (χ4v) is 2.58. The number of esters is 1. The molecule has 2 unspecified atom stereocenters. The summed E-state index contributed by atoms with van der Waals surface area (Å²) < 4.78 is 10.4. The lowest BCUT2D eigenvalue weighted by Gasteiger charge is -2.31. The first kappa shape index (κ1) is 13.5. The molecule has 0 aromatic heterocycles. The predicted octanol–water partition coefficient (Wildman–Crippen LogP) is 2.78. The highest BCUT2D eigenvalue weighted by atomic mass is 16.5. The Bertz CT molecular complexity index is 205. The van der Waals surface area contributed by atoms with E-state index in [1.807, 2.05) is 0 Å². The largest absolute Gasteiger partial charge is 0.469 e. The quantitative estimate of drug-likeness (QED) is 0.536. The maximum Gasteiger partial charge on any atom is 0.305 e. The van der Waals surface area contributed by atoms with Gasteiger partial charge in [-0.3, -0.25) is 4.79 Å². The first-order valence-electron chi connectivity index (χ1n) is 6.30. The van der Waals surface area contributed by atoms with Crippen LogP contribution >= 0.6 is 0 Å². The number of rotatable bonds is 5. The minimum atomic E-state index is -0.144. The van der Waals surface area contributed by atoms with Crippen molar-refractivity contribution in [2.45, 2.75) is 52.1 Å². The van der Waals surface area contributed by atoms with Gasteiger partial charge in [-0.1, -0.05) is 13.8 Å². The van der Waals surface area contributed by atoms with Crippen molar-refractivity contribution in [3.63, 3.8) is 0 Å². The van der Waals surface area contributed by atoms with E-state index in [0.29, 0.717) is 19.1 Å². The molecule has 0 saturated heterocycles. The van der Waals surface area contributed by atoms with Crippen molar-refractivity contribution >= 4 is 5.97 Å². The summed E-state index contributed by atoms with van der Waals surface area (Å²) in [6, 6.07) is 0. The lowest BCUT2D eigenvalue weighted by atomic mass is 9.82. The van der Waals surface area contributed by atoms with Crippen LogP contribution in [0.4, 0.5) is 0 Å². The van der Waals surface area contributed by atoms with Gasteiger partial charge in [0.05, 0.1) is 13.2 Å². The molecular weight excluding hydrogens is 204 g/mol. The van der Waals surface area contributed by atoms with Crippen molar-refractivity contribution in [2.75, 3.05) is 13.7 Å². The van der Waals surface area contributed by atoms with Crippen LogP contribution in [0.2, 0.25) is 0 Å². The Kier molecular flexibility index (Phi) is 5.81. The molecule has 1 rings (SSSR count). The van der Waals surface area contributed by atoms with Gasteiger partial charge < -0.3 is 9.47 Å². The molecule has 1 saturated carbocycles. The van der Waals surface area contributed by atoms with Crippen molar-refractivity contribution in [1.29, 1.82) is 0 Å². The third-order valence-electron chi connectivity index (χ3n) is 3.24. The number of hydrogen-bond acceptors (Lipinski definition) is 3. The Balaban J connectivity index is 2.10. The summed E-state index contributed by atoms with van der Waals surface area (Å²) in [5, 5.41) is 0. The molecule has 1 aliphatic rings. The van der Waals surface area contributed by atoms with E-state index in [4.69, 9.17) is 4.74 Å². The molecule has 0 radical (unpaired) electrons. The standard InChI is InChI=1S/C13H24O3/c1-10-7-11(2)9-12(8-10)16-6-4-5-13(14)15-3/h10-12H,4-9H2,1-3H3. The van der Waals surface area contributed by atoms with Crippen molar-refractivity contribution in [3.8, 4) is 0 Å². The van der Waals surface area contributed by atoms with Gasteiger partial charge >= 0.3 is 5.97 Å². The first-order chi connectivity index (χ1) is 7.61. The molecule has 16 heavy (non-hydrogen) atoms. The Labute approximate surface area is 98.5 Å². The molecule has 0 aromatic rings. The lowest BCUT2D eigenvalue weighted by molar-refractivity contribution is -0.141. The fourth-order valence-electron chi connectivity index (χ4n) is 2.58. The van der Waals surface area contributed by atoms with Crippen LogP contribution < -0.4 is 0 Å². The van der Waals surface area contributed by atoms with Gasteiger partial charge in [-0.05, 0) is 37.5 Å². The van der Waals surface area contributed by atoms with Crippen molar-refractivity contribution in [3.05, 3.63) is 0 Å². The van der Waals surface area contributed by atoms with Crippen molar-refractivity contribution < 1.29 is 14.3 Å². The van der Waals surface area contributed by atoms with Crippen LogP contribution in [0.25, 0.3) is 0 Å². The third-order valence-corrected chi connectivity index (χ3v) is 3.24. The first-order valence-corrected chi connectivity index (χ1v) is 6.30. The molecule has 3 heteroatoms. The van der Waals surface area contributed by atoms with E-state index in [2.05, 4.69) is 18.6 Å². The van der Waals surface area contributed by atoms with Gasteiger partial charge in [-0.2, -0.15) is 0 Å². The topological polar surface area (TPSA) is 35.5 Å². The van der Waals surface area contributed by atoms with Gasteiger partial charge in [0.15, 0.2) is 0 Å². The molecule has 94 valence electrons. The number of carbonyl (C=O) groups excluding carboxylic acids is 1. The molecular formula is C13H24O3. The molecule has 3 nitrogen and oxygen atoms in total. The summed E-state index contributed by atoms with van der Waals surface area (Å²) in [5.74, 6) is 1.40. The van der Waals surface area contributed by atoms with Crippen LogP contribution in [0.1, 0.15) is 46.0 Å². The third kappa shape index (κ3) is 4.97. The van der Waals surface area contributed by atoms with Crippen LogP contribution in [0, 0.1) is 11.8 Å². The summed E-state index contributed by atoms with van der Waals surface area (Å²) in [5.41, 5.74) is 0. The Morgan fingerprint density at radius 1 is 1.19 bits per heavy atom. The molecule has 0 aliphatic heterocycles. The summed E-state index contributed by atoms with van der Waals surface area (Å²) in [4.78, 5) is 10.9. The Morgan fingerprint density at radius 2 is 1.81 bits per heavy atom. The van der Waals surface area contributed by atoms with Gasteiger partial charge in [0.1, 0.15) is 0 Å². The second kappa shape index (κ2) is 6.89. The highest BCUT2D eigenvalue weighted by Crippen LogP contribution is 2.30. The molecule has 1 aliphatic carbocycles. The minimum Gasteiger partial charge on any atom is -0.469 e. The molecule has 0 amide bonds. The van der Waals surface area contributed by atoms with E-state index >= 15 is 0 Å². The Hall–Kier alpha value is -0.570. The zero-order valence-corrected chi connectivity index (χ0v) is 10.7. The van der Waals surface area contributed by atoms with E-state index in [-0.39, 0.29) is 5.97 Å². The zero-order chi connectivity index (χ0) is 12.0. The number of carbonyl (C=O) groups is 1. The summed E-state index contributed by atoms with van der Waals surface area (Å²) in [6.07, 6.45) is 5.30. The number of ether oxygens (including phenoxy) is 2. The second-order valence-electron chi connectivity index (χ2n) is 5.09. The van der Waals surface area contributed by atoms with E-state index in [1.54, 1.807) is 0 Å². The maximum absolute atomic E-state index is 10.9. The van der Waals surface area contributed by atoms with E-state index in [0.717, 1.165) is 18.3 Å². The number of hydrogen-bond donors (Lipinski definition) is 0. The van der Waals surface area contributed by atoms with Gasteiger partial charge in [-0.25, -0.2) is 0 Å². The molecule has 0 spiro atoms. The van der Waals surface area contributed by atoms with Crippen LogP contribution in [-0.2, 0) is 14.3 Å². The predicted molar refractivity (Wildman–Crippen MR) is 63.2 cm³/mol. The molecule has 0 N–H and O–H groups in total. The van der Waals surface area contributed by atoms with Crippen LogP contribution in [0.5, 0.6) is 0 Å². The highest BCUT2D eigenvalue weighted by molar-refractivity contribution is 5.68. The van der Waals surface area contributed by atoms with E-state index in [9.17, 15) is 4.79 Å². The lowest BCUT2D eigenvalue weighted by Crippen LogP contribution is -2.26. The molecule has 0 heterocycles. The fraction of sp³-hybridized carbons (Fsp3) is 0.923. The average Bonchev–Trinajstić information content (AvgIpc) is 2.22. The van der Waals surface area contributed by atoms with Gasteiger partial charge in [0.25, 0.3) is 0 Å². The molecule has 1 fully saturated rings. The van der Waals surface area contributed by atoms with Crippen molar-refractivity contribution in [1.82, 2.24) is 0 Å². The van der Waals surface area contributed by atoms with Crippen molar-refractivity contribution in [2.24, 2.45) is 11.8 Å². The second-order valence-corrected chi connectivity index (χ2v) is 5.09. The van der Waals surface area contributed by atoms with Gasteiger partial charge in [-0.15, -0.1) is 0 Å². The van der Waals surface area contributed by atoms with Crippen LogP contribution in [-0.4, -0.2) is 25.8 Å². The normalized spacial score (nSPS) is 30.1. The Morgan fingerprint density at radius 3 is 2.38 bits per heavy atom. The van der Waals surface area contributed by atoms with Crippen LogP contribution in [0.15, 0.2) is 0 Å². The molecule has 2 atom stereocenters. The highest BCUT2D eigenvalue weighted by Gasteiger charge is 2.24. The number of methoxy groups -OCH3 is 1. The molecule has 0 bridgehead atoms. The van der Waals surface area contributed by atoms with Gasteiger partial charge in [0.2, 0.25) is 0 Å². The van der Waals surface area contributed by atoms with E-state index in [1.165, 1.54) is 26.4 Å². The smallest absolute Gasteiger partial charge is 0.305 e. The minimum absolute atomic E-state index is 0.144. The zero-order valence-electron chi connectivity index (χ0n) is 10.7. The summed E-state index contributed by atoms with van der Waals surface area (Å²) >= 11 is 0. The monoisotopic (exact) mass is 228 g/mol. The van der Waals surface area contributed by atoms with E-state index < -0.39 is 0 Å². The maximum atomic E-state index is 10.9. The summed E-state index contributed by atoms with van der Waals surface area (Å²) in [7, 11) is 1.42. The average molecular weight is 228 g/mol. The SMILES string of the molecule is COC(=O)CCCOC1CC(C)CC(C)C1. The van der Waals surface area contributed by atoms with Crippen LogP contribution in [0.3, 0.4) is 0 Å². The molecule has 0 aromatic carbocycles. The van der Waals surface area contributed by atoms with Gasteiger partial charge in [0, 0.05) is 13.0 Å².